The van der Waals surface area contributed by atoms with Gasteiger partial charge in [0.15, 0.2) is 0 Å². The molecule has 7 heteroatoms. The van der Waals surface area contributed by atoms with Crippen LogP contribution in [0.1, 0.15) is 39.7 Å². The van der Waals surface area contributed by atoms with Crippen molar-refractivity contribution in [2.75, 3.05) is 6.61 Å². The summed E-state index contributed by atoms with van der Waals surface area (Å²) in [5.41, 5.74) is 4.49. The molecule has 0 saturated heterocycles. The maximum absolute atomic E-state index is 12.9. The maximum atomic E-state index is 12.9. The van der Waals surface area contributed by atoms with E-state index in [0.29, 0.717) is 5.82 Å². The lowest BCUT2D eigenvalue weighted by molar-refractivity contribution is 0.254. The molecule has 23 heavy (non-hydrogen) atoms. The Labute approximate surface area is 137 Å². The summed E-state index contributed by atoms with van der Waals surface area (Å²) in [6, 6.07) is -0.810. The summed E-state index contributed by atoms with van der Waals surface area (Å²) in [6.07, 6.45) is 3.10. The number of H-pyrrole nitrogens is 1. The molecule has 0 spiro atoms. The molecular weight excluding hydrogens is 314 g/mol. The molecule has 0 saturated carbocycles. The van der Waals surface area contributed by atoms with Gasteiger partial charge in [-0.15, -0.1) is 0 Å². The quantitative estimate of drug-likeness (QED) is 0.777. The number of nitrogens with one attached hydrogen (secondary N) is 2. The summed E-state index contributed by atoms with van der Waals surface area (Å²) in [4.78, 5) is 7.12. The minimum Gasteiger partial charge on any atom is -0.394 e. The van der Waals surface area contributed by atoms with Crippen LogP contribution in [0.25, 0.3) is 0 Å². The molecule has 0 aliphatic rings. The van der Waals surface area contributed by atoms with Crippen LogP contribution >= 0.6 is 0 Å². The van der Waals surface area contributed by atoms with Gasteiger partial charge in [-0.3, -0.25) is 0 Å². The van der Waals surface area contributed by atoms with Crippen molar-refractivity contribution < 1.29 is 13.5 Å². The van der Waals surface area contributed by atoms with E-state index in [4.69, 9.17) is 0 Å². The molecule has 1 heterocycles. The average Bonchev–Trinajstić information content (AvgIpc) is 3.02. The number of imidazole rings is 1. The average molecular weight is 337 g/mol. The number of sulfonamides is 1. The standard InChI is InChI=1S/C16H23N3O3S/c1-9-10(2)12(4)15(13(5)11(9)3)23(21,22)19-14(8-20)16-17-6-7-18-16/h6-7,14,19-20H,8H2,1-5H3,(H,17,18). The SMILES string of the molecule is Cc1c(C)c(C)c(S(=O)(=O)NC(CO)c2ncc[nH]2)c(C)c1C. The number of nitrogens with zero attached hydrogens (tertiary/aromatic N) is 1. The van der Waals surface area contributed by atoms with E-state index in [-0.39, 0.29) is 11.5 Å². The zero-order valence-corrected chi connectivity index (χ0v) is 14.9. The second-order valence-electron chi connectivity index (χ2n) is 5.78. The molecule has 126 valence electrons. The number of aromatic nitrogens is 2. The highest BCUT2D eigenvalue weighted by Crippen LogP contribution is 2.30. The van der Waals surface area contributed by atoms with E-state index >= 15 is 0 Å². The summed E-state index contributed by atoms with van der Waals surface area (Å²) >= 11 is 0. The van der Waals surface area contributed by atoms with Gasteiger partial charge in [0.1, 0.15) is 11.9 Å². The molecule has 0 fully saturated rings. The lowest BCUT2D eigenvalue weighted by Gasteiger charge is -2.21. The van der Waals surface area contributed by atoms with Crippen LogP contribution in [0.4, 0.5) is 0 Å². The first-order chi connectivity index (χ1) is 10.7. The molecule has 1 atom stereocenters. The van der Waals surface area contributed by atoms with Gasteiger partial charge in [-0.25, -0.2) is 13.4 Å². The highest BCUT2D eigenvalue weighted by Gasteiger charge is 2.27. The number of aromatic amines is 1. The highest BCUT2D eigenvalue weighted by atomic mass is 32.2. The Morgan fingerprint density at radius 3 is 2.04 bits per heavy atom. The molecule has 1 aromatic carbocycles. The Kier molecular flexibility index (Phi) is 4.93. The van der Waals surface area contributed by atoms with Crippen molar-refractivity contribution in [1.82, 2.24) is 14.7 Å². The largest absolute Gasteiger partial charge is 0.394 e. The Morgan fingerprint density at radius 1 is 1.09 bits per heavy atom. The van der Waals surface area contributed by atoms with E-state index in [1.807, 2.05) is 34.6 Å². The molecular formula is C16H23N3O3S. The number of benzene rings is 1. The molecule has 2 aromatic rings. The third-order valence-electron chi connectivity index (χ3n) is 4.53. The fourth-order valence-electron chi connectivity index (χ4n) is 2.76. The van der Waals surface area contributed by atoms with Crippen molar-refractivity contribution in [1.29, 1.82) is 0 Å². The predicted octanol–water partition coefficient (Wildman–Crippen LogP) is 1.96. The van der Waals surface area contributed by atoms with Crippen molar-refractivity contribution in [2.45, 2.75) is 45.6 Å². The van der Waals surface area contributed by atoms with Crippen LogP contribution in [-0.4, -0.2) is 30.1 Å². The molecule has 3 N–H and O–H groups in total. The van der Waals surface area contributed by atoms with Crippen LogP contribution in [0.15, 0.2) is 17.3 Å². The van der Waals surface area contributed by atoms with Gasteiger partial charge in [-0.1, -0.05) is 0 Å². The fourth-order valence-corrected chi connectivity index (χ4v) is 4.55. The number of rotatable bonds is 5. The number of hydrogen-bond donors (Lipinski definition) is 3. The van der Waals surface area contributed by atoms with Crippen LogP contribution < -0.4 is 4.72 Å². The number of aliphatic hydroxyl groups is 1. The molecule has 1 unspecified atom stereocenters. The summed E-state index contributed by atoms with van der Waals surface area (Å²) in [6.45, 7) is 9.08. The fraction of sp³-hybridized carbons (Fsp3) is 0.438. The van der Waals surface area contributed by atoms with E-state index in [1.54, 1.807) is 6.20 Å². The van der Waals surface area contributed by atoms with Gasteiger partial charge in [-0.05, 0) is 62.4 Å². The van der Waals surface area contributed by atoms with Crippen molar-refractivity contribution in [3.8, 4) is 0 Å². The molecule has 2 rings (SSSR count). The predicted molar refractivity (Wildman–Crippen MR) is 88.9 cm³/mol. The molecule has 0 aliphatic heterocycles. The normalized spacial score (nSPS) is 13.3. The smallest absolute Gasteiger partial charge is 0.241 e. The number of hydrogen-bond acceptors (Lipinski definition) is 4. The lowest BCUT2D eigenvalue weighted by atomic mass is 9.95. The van der Waals surface area contributed by atoms with Gasteiger partial charge >= 0.3 is 0 Å². The van der Waals surface area contributed by atoms with E-state index in [0.717, 1.165) is 27.8 Å². The molecule has 0 bridgehead atoms. The van der Waals surface area contributed by atoms with Gasteiger partial charge in [0, 0.05) is 12.4 Å². The van der Waals surface area contributed by atoms with Gasteiger partial charge in [-0.2, -0.15) is 4.72 Å². The van der Waals surface area contributed by atoms with E-state index < -0.39 is 16.1 Å². The van der Waals surface area contributed by atoms with Crippen molar-refractivity contribution in [3.05, 3.63) is 46.0 Å². The molecule has 0 aliphatic carbocycles. The maximum Gasteiger partial charge on any atom is 0.241 e. The Morgan fingerprint density at radius 2 is 1.61 bits per heavy atom. The van der Waals surface area contributed by atoms with E-state index in [9.17, 15) is 13.5 Å². The summed E-state index contributed by atoms with van der Waals surface area (Å²) < 4.78 is 28.3. The van der Waals surface area contributed by atoms with E-state index in [2.05, 4.69) is 14.7 Å². The summed E-state index contributed by atoms with van der Waals surface area (Å²) in [5.74, 6) is 0.381. The van der Waals surface area contributed by atoms with Crippen LogP contribution in [-0.2, 0) is 10.0 Å². The van der Waals surface area contributed by atoms with Gasteiger partial charge < -0.3 is 10.1 Å². The van der Waals surface area contributed by atoms with E-state index in [1.165, 1.54) is 6.20 Å². The first kappa shape index (κ1) is 17.7. The monoisotopic (exact) mass is 337 g/mol. The Bertz CT molecular complexity index is 783. The lowest BCUT2D eigenvalue weighted by Crippen LogP contribution is -2.33. The van der Waals surface area contributed by atoms with Crippen LogP contribution in [0, 0.1) is 34.6 Å². The summed E-state index contributed by atoms with van der Waals surface area (Å²) in [7, 11) is -3.79. The zero-order valence-electron chi connectivity index (χ0n) is 14.1. The first-order valence-electron chi connectivity index (χ1n) is 7.40. The zero-order chi connectivity index (χ0) is 17.4. The third-order valence-corrected chi connectivity index (χ3v) is 6.27. The van der Waals surface area contributed by atoms with Crippen molar-refractivity contribution in [3.63, 3.8) is 0 Å². The Balaban J connectivity index is 2.53. The summed E-state index contributed by atoms with van der Waals surface area (Å²) in [5, 5.41) is 9.51. The van der Waals surface area contributed by atoms with Gasteiger partial charge in [0.2, 0.25) is 10.0 Å². The minimum atomic E-state index is -3.79. The van der Waals surface area contributed by atoms with Crippen LogP contribution in [0.2, 0.25) is 0 Å². The van der Waals surface area contributed by atoms with Gasteiger partial charge in [0.05, 0.1) is 11.5 Å². The van der Waals surface area contributed by atoms with Crippen molar-refractivity contribution in [2.24, 2.45) is 0 Å². The second-order valence-corrected chi connectivity index (χ2v) is 7.44. The minimum absolute atomic E-state index is 0.281. The van der Waals surface area contributed by atoms with Crippen LogP contribution in [0.3, 0.4) is 0 Å². The molecule has 0 amide bonds. The molecule has 0 radical (unpaired) electrons. The van der Waals surface area contributed by atoms with Gasteiger partial charge in [0.25, 0.3) is 0 Å². The van der Waals surface area contributed by atoms with Crippen molar-refractivity contribution >= 4 is 10.0 Å². The first-order valence-corrected chi connectivity index (χ1v) is 8.88. The molecule has 1 aromatic heterocycles. The highest BCUT2D eigenvalue weighted by molar-refractivity contribution is 7.89. The van der Waals surface area contributed by atoms with Crippen LogP contribution in [0.5, 0.6) is 0 Å². The Hall–Kier alpha value is -1.70. The molecule has 6 nitrogen and oxygen atoms in total. The topological polar surface area (TPSA) is 95.1 Å². The second kappa shape index (κ2) is 6.43. The number of aliphatic hydroxyl groups excluding tert-OH is 1. The third kappa shape index (κ3) is 3.17.